The third kappa shape index (κ3) is 4.35. The number of carbonyl (C=O) groups excluding carboxylic acids is 1. The molecule has 2 heterocycles. The number of aromatic amines is 1. The van der Waals surface area contributed by atoms with Crippen molar-refractivity contribution in [3.05, 3.63) is 33.7 Å². The van der Waals surface area contributed by atoms with Gasteiger partial charge in [0.2, 0.25) is 5.91 Å². The summed E-state index contributed by atoms with van der Waals surface area (Å²) in [6.07, 6.45) is 2.66. The zero-order valence-corrected chi connectivity index (χ0v) is 17.3. The Morgan fingerprint density at radius 1 is 1.25 bits per heavy atom. The monoisotopic (exact) mass is 406 g/mol. The maximum Gasteiger partial charge on any atom is 0.343 e. The lowest BCUT2D eigenvalue weighted by molar-refractivity contribution is -0.129. The van der Waals surface area contributed by atoms with Gasteiger partial charge in [0, 0.05) is 19.6 Å². The van der Waals surface area contributed by atoms with E-state index in [0.717, 1.165) is 24.8 Å². The predicted octanol–water partition coefficient (Wildman–Crippen LogP) is 2.07. The number of hydrogen-bond donors (Lipinski definition) is 1. The van der Waals surface area contributed by atoms with E-state index in [2.05, 4.69) is 17.1 Å². The van der Waals surface area contributed by atoms with Crippen LogP contribution in [0.3, 0.4) is 0 Å². The van der Waals surface area contributed by atoms with Gasteiger partial charge in [0.25, 0.3) is 0 Å². The first-order valence-corrected chi connectivity index (χ1v) is 10.4. The van der Waals surface area contributed by atoms with Crippen LogP contribution in [0.15, 0.2) is 22.1 Å². The number of thioether (sulfide) groups is 1. The number of benzene rings is 1. The first-order valence-electron chi connectivity index (χ1n) is 9.36. The molecule has 0 spiro atoms. The molecule has 9 heteroatoms. The molecule has 1 aliphatic rings. The Kier molecular flexibility index (Phi) is 6.66. The van der Waals surface area contributed by atoms with E-state index in [1.54, 1.807) is 18.8 Å². The van der Waals surface area contributed by atoms with Crippen molar-refractivity contribution >= 4 is 17.7 Å². The molecule has 0 bridgehead atoms. The first-order chi connectivity index (χ1) is 13.6. The van der Waals surface area contributed by atoms with Crippen LogP contribution < -0.4 is 15.2 Å². The average Bonchev–Trinajstić information content (AvgIpc) is 3.08. The Morgan fingerprint density at radius 2 is 1.96 bits per heavy atom. The fraction of sp³-hybridized carbons (Fsp3) is 0.526. The van der Waals surface area contributed by atoms with Crippen molar-refractivity contribution in [1.29, 1.82) is 0 Å². The van der Waals surface area contributed by atoms with Crippen LogP contribution in [-0.4, -0.2) is 52.1 Å². The number of rotatable bonds is 8. The van der Waals surface area contributed by atoms with Crippen LogP contribution in [-0.2, 0) is 24.3 Å². The molecule has 152 valence electrons. The molecule has 28 heavy (non-hydrogen) atoms. The molecule has 3 rings (SSSR count). The number of aromatic nitrogens is 3. The third-order valence-electron chi connectivity index (χ3n) is 4.85. The van der Waals surface area contributed by atoms with Crippen molar-refractivity contribution in [3.63, 3.8) is 0 Å². The van der Waals surface area contributed by atoms with E-state index in [1.165, 1.54) is 17.3 Å². The average molecular weight is 407 g/mol. The first kappa shape index (κ1) is 20.3. The van der Waals surface area contributed by atoms with E-state index in [1.807, 2.05) is 17.0 Å². The second-order valence-corrected chi connectivity index (χ2v) is 7.59. The maximum absolute atomic E-state index is 12.7. The van der Waals surface area contributed by atoms with Gasteiger partial charge in [-0.1, -0.05) is 25.1 Å². The van der Waals surface area contributed by atoms with E-state index in [4.69, 9.17) is 9.47 Å². The molecule has 1 aromatic heterocycles. The minimum absolute atomic E-state index is 0.0305. The van der Waals surface area contributed by atoms with Gasteiger partial charge in [-0.2, -0.15) is 0 Å². The van der Waals surface area contributed by atoms with Crippen LogP contribution in [0.25, 0.3) is 0 Å². The Balaban J connectivity index is 1.65. The molecule has 0 unspecified atom stereocenters. The van der Waals surface area contributed by atoms with Gasteiger partial charge in [-0.15, -0.1) is 5.10 Å². The molecule has 8 nitrogen and oxygen atoms in total. The normalized spacial score (nSPS) is 13.3. The molecule has 0 saturated heterocycles. The van der Waals surface area contributed by atoms with Gasteiger partial charge in [0.05, 0.1) is 20.0 Å². The van der Waals surface area contributed by atoms with Crippen LogP contribution in [0.2, 0.25) is 0 Å². The summed E-state index contributed by atoms with van der Waals surface area (Å²) >= 11 is 1.30. The fourth-order valence-corrected chi connectivity index (χ4v) is 4.12. The molecule has 2 aromatic rings. The molecule has 0 aliphatic carbocycles. The zero-order chi connectivity index (χ0) is 20.1. The van der Waals surface area contributed by atoms with Crippen LogP contribution in [0.5, 0.6) is 11.5 Å². The summed E-state index contributed by atoms with van der Waals surface area (Å²) in [7, 11) is 3.23. The second-order valence-electron chi connectivity index (χ2n) is 6.65. The topological polar surface area (TPSA) is 89.4 Å². The van der Waals surface area contributed by atoms with E-state index in [-0.39, 0.29) is 17.3 Å². The highest BCUT2D eigenvalue weighted by Gasteiger charge is 2.23. The molecule has 0 fully saturated rings. The smallest absolute Gasteiger partial charge is 0.343 e. The number of fused-ring (bicyclic) bond motifs is 1. The van der Waals surface area contributed by atoms with Gasteiger partial charge in [0.15, 0.2) is 16.7 Å². The predicted molar refractivity (Wildman–Crippen MR) is 107 cm³/mol. The highest BCUT2D eigenvalue weighted by molar-refractivity contribution is 7.99. The Labute approximate surface area is 168 Å². The summed E-state index contributed by atoms with van der Waals surface area (Å²) in [4.78, 5) is 26.4. The summed E-state index contributed by atoms with van der Waals surface area (Å²) in [6.45, 7) is 3.88. The number of unbranched alkanes of at least 4 members (excludes halogenated alkanes) is 1. The fourth-order valence-electron chi connectivity index (χ4n) is 3.24. The third-order valence-corrected chi connectivity index (χ3v) is 5.82. The summed E-state index contributed by atoms with van der Waals surface area (Å²) in [5.74, 6) is 1.66. The van der Waals surface area contributed by atoms with Gasteiger partial charge in [-0.3, -0.25) is 9.36 Å². The number of hydrogen-bond acceptors (Lipinski definition) is 6. The van der Waals surface area contributed by atoms with Crippen LogP contribution in [0.1, 0.15) is 30.9 Å². The molecular weight excluding hydrogens is 380 g/mol. The largest absolute Gasteiger partial charge is 0.493 e. The number of H-pyrrole nitrogens is 1. The number of ether oxygens (including phenoxy) is 2. The van der Waals surface area contributed by atoms with Crippen molar-refractivity contribution < 1.29 is 14.3 Å². The zero-order valence-electron chi connectivity index (χ0n) is 16.5. The van der Waals surface area contributed by atoms with E-state index in [0.29, 0.717) is 36.3 Å². The van der Waals surface area contributed by atoms with Crippen molar-refractivity contribution in [2.45, 2.75) is 44.4 Å². The summed E-state index contributed by atoms with van der Waals surface area (Å²) in [5, 5.41) is 7.09. The van der Waals surface area contributed by atoms with Crippen molar-refractivity contribution in [2.24, 2.45) is 0 Å². The molecular formula is C19H26N4O4S. The molecule has 1 N–H and O–H groups in total. The maximum atomic E-state index is 12.7. The number of methoxy groups -OCH3 is 2. The standard InChI is InChI=1S/C19H26N4O4S/c1-4-5-7-23-18(25)20-21-19(23)28-12-17(24)22-8-6-13-9-15(26-2)16(27-3)10-14(13)11-22/h9-10H,4-8,11-12H2,1-3H3,(H,20,25). The summed E-state index contributed by atoms with van der Waals surface area (Å²) in [6, 6.07) is 3.93. The second kappa shape index (κ2) is 9.18. The number of amides is 1. The minimum atomic E-state index is -0.226. The van der Waals surface area contributed by atoms with Gasteiger partial charge < -0.3 is 14.4 Å². The quantitative estimate of drug-likeness (QED) is 0.675. The number of nitrogens with zero attached hydrogens (tertiary/aromatic N) is 3. The number of carbonyl (C=O) groups is 1. The van der Waals surface area contributed by atoms with Gasteiger partial charge >= 0.3 is 5.69 Å². The molecule has 1 aliphatic heterocycles. The van der Waals surface area contributed by atoms with Crippen LogP contribution in [0, 0.1) is 0 Å². The van der Waals surface area contributed by atoms with Crippen molar-refractivity contribution in [2.75, 3.05) is 26.5 Å². The molecule has 1 amide bonds. The highest BCUT2D eigenvalue weighted by Crippen LogP contribution is 2.33. The van der Waals surface area contributed by atoms with Crippen molar-refractivity contribution in [3.8, 4) is 11.5 Å². The Hall–Kier alpha value is -2.42. The Morgan fingerprint density at radius 3 is 2.64 bits per heavy atom. The lowest BCUT2D eigenvalue weighted by Gasteiger charge is -2.29. The minimum Gasteiger partial charge on any atom is -0.493 e. The van der Waals surface area contributed by atoms with Gasteiger partial charge in [-0.25, -0.2) is 9.89 Å². The molecule has 1 aromatic carbocycles. The molecule has 0 atom stereocenters. The van der Waals surface area contributed by atoms with E-state index < -0.39 is 0 Å². The van der Waals surface area contributed by atoms with Crippen LogP contribution in [0.4, 0.5) is 0 Å². The van der Waals surface area contributed by atoms with Crippen LogP contribution >= 0.6 is 11.8 Å². The van der Waals surface area contributed by atoms with Gasteiger partial charge in [0.1, 0.15) is 0 Å². The van der Waals surface area contributed by atoms with E-state index >= 15 is 0 Å². The molecule has 0 saturated carbocycles. The highest BCUT2D eigenvalue weighted by atomic mass is 32.2. The lowest BCUT2D eigenvalue weighted by Crippen LogP contribution is -2.37. The number of nitrogens with one attached hydrogen (secondary N) is 1. The summed E-state index contributed by atoms with van der Waals surface area (Å²) < 4.78 is 12.3. The van der Waals surface area contributed by atoms with E-state index in [9.17, 15) is 9.59 Å². The van der Waals surface area contributed by atoms with Gasteiger partial charge in [-0.05, 0) is 36.1 Å². The lowest BCUT2D eigenvalue weighted by atomic mass is 9.99. The Bertz CT molecular complexity index is 893. The summed E-state index contributed by atoms with van der Waals surface area (Å²) in [5.41, 5.74) is 2.02. The molecule has 0 radical (unpaired) electrons. The van der Waals surface area contributed by atoms with Crippen molar-refractivity contribution in [1.82, 2.24) is 19.7 Å². The SMILES string of the molecule is CCCCn1c(SCC(=O)N2CCc3cc(OC)c(OC)cc3C2)n[nH]c1=O.